The maximum absolute atomic E-state index is 13.8. The number of carbonyl (C=O) groups excluding carboxylic acids is 1. The summed E-state index contributed by atoms with van der Waals surface area (Å²) in [6.07, 6.45) is -3.56. The molecule has 2 N–H and O–H groups in total. The van der Waals surface area contributed by atoms with Crippen LogP contribution < -0.4 is 20.1 Å². The summed E-state index contributed by atoms with van der Waals surface area (Å²) in [5, 5.41) is 9.71. The van der Waals surface area contributed by atoms with Crippen LogP contribution in [0.15, 0.2) is 54.7 Å². The van der Waals surface area contributed by atoms with Crippen LogP contribution in [0.2, 0.25) is 0 Å². The molecule has 1 amide bonds. The number of hydrogen-bond acceptors (Lipinski definition) is 5. The zero-order chi connectivity index (χ0) is 22.3. The van der Waals surface area contributed by atoms with E-state index in [2.05, 4.69) is 15.7 Å². The summed E-state index contributed by atoms with van der Waals surface area (Å²) in [5.74, 6) is 0.738. The number of benzene rings is 2. The third-order valence-electron chi connectivity index (χ3n) is 5.58. The number of aromatic nitrogens is 2. The van der Waals surface area contributed by atoms with E-state index >= 15 is 0 Å². The zero-order valence-electron chi connectivity index (χ0n) is 16.7. The Morgan fingerprint density at radius 3 is 2.72 bits per heavy atom. The van der Waals surface area contributed by atoms with Gasteiger partial charge in [-0.25, -0.2) is 4.68 Å². The third kappa shape index (κ3) is 3.72. The zero-order valence-corrected chi connectivity index (χ0v) is 16.7. The number of hydrogen-bond donors (Lipinski definition) is 2. The molecule has 2 aliphatic heterocycles. The van der Waals surface area contributed by atoms with E-state index in [1.807, 2.05) is 0 Å². The number of anilines is 1. The van der Waals surface area contributed by atoms with Crippen LogP contribution in [0.5, 0.6) is 11.5 Å². The molecule has 3 heterocycles. The summed E-state index contributed by atoms with van der Waals surface area (Å²) in [6, 6.07) is 11.7. The van der Waals surface area contributed by atoms with Gasteiger partial charge < -0.3 is 20.1 Å². The van der Waals surface area contributed by atoms with Crippen molar-refractivity contribution in [1.82, 2.24) is 15.1 Å². The molecule has 0 fully saturated rings. The van der Waals surface area contributed by atoms with Gasteiger partial charge in [-0.15, -0.1) is 0 Å². The summed E-state index contributed by atoms with van der Waals surface area (Å²) >= 11 is 0. The van der Waals surface area contributed by atoms with Gasteiger partial charge in [0.2, 0.25) is 6.79 Å². The molecule has 3 aromatic rings. The summed E-state index contributed by atoms with van der Waals surface area (Å²) in [7, 11) is 0. The van der Waals surface area contributed by atoms with Gasteiger partial charge in [-0.05, 0) is 23.3 Å². The molecule has 2 atom stereocenters. The van der Waals surface area contributed by atoms with Crippen molar-refractivity contribution in [3.05, 3.63) is 71.4 Å². The number of nitrogens with zero attached hydrogens (tertiary/aromatic N) is 2. The lowest BCUT2D eigenvalue weighted by Crippen LogP contribution is -2.36. The molecule has 166 valence electrons. The number of amides is 1. The van der Waals surface area contributed by atoms with Crippen LogP contribution in [0.1, 0.15) is 40.0 Å². The molecule has 7 nitrogen and oxygen atoms in total. The highest BCUT2D eigenvalue weighted by Gasteiger charge is 2.47. The van der Waals surface area contributed by atoms with Crippen LogP contribution in [0.25, 0.3) is 0 Å². The van der Waals surface area contributed by atoms with Crippen LogP contribution in [0.3, 0.4) is 0 Å². The molecular formula is C22H19F3N4O3. The number of fused-ring (bicyclic) bond motifs is 2. The highest BCUT2D eigenvalue weighted by atomic mass is 19.4. The van der Waals surface area contributed by atoms with Crippen molar-refractivity contribution in [2.75, 3.05) is 12.1 Å². The van der Waals surface area contributed by atoms with Crippen molar-refractivity contribution in [3.63, 3.8) is 0 Å². The minimum atomic E-state index is -4.50. The van der Waals surface area contributed by atoms with Gasteiger partial charge in [0, 0.05) is 13.0 Å². The summed E-state index contributed by atoms with van der Waals surface area (Å²) in [6.45, 7) is 0.313. The largest absolute Gasteiger partial charge is 0.454 e. The van der Waals surface area contributed by atoms with Crippen LogP contribution in [0.4, 0.5) is 19.0 Å². The van der Waals surface area contributed by atoms with E-state index < -0.39 is 24.2 Å². The standard InChI is InChI=1S/C22H19F3N4O3/c23-22(24,25)19-9-16(14-4-2-1-3-5-14)28-20-15(11-27-29(19)20)21(30)26-10-13-6-7-17-18(8-13)32-12-31-17/h1-8,11,16,19,28H,9-10,12H2,(H,26,30)/t16-,19+/m0/s1. The van der Waals surface area contributed by atoms with E-state index in [1.54, 1.807) is 48.5 Å². The van der Waals surface area contributed by atoms with Crippen LogP contribution in [-0.4, -0.2) is 28.7 Å². The Hall–Kier alpha value is -3.69. The van der Waals surface area contributed by atoms with E-state index in [0.717, 1.165) is 10.2 Å². The van der Waals surface area contributed by atoms with Gasteiger partial charge in [0.1, 0.15) is 11.4 Å². The number of alkyl halides is 3. The predicted molar refractivity (Wildman–Crippen MR) is 108 cm³/mol. The second kappa shape index (κ2) is 7.77. The highest BCUT2D eigenvalue weighted by molar-refractivity contribution is 5.98. The first-order chi connectivity index (χ1) is 15.4. The fraction of sp³-hybridized carbons (Fsp3) is 0.273. The maximum Gasteiger partial charge on any atom is 0.410 e. The SMILES string of the molecule is O=C(NCc1ccc2c(c1)OCO2)c1cnn2c1N[C@H](c1ccccc1)C[C@@H]2C(F)(F)F. The lowest BCUT2D eigenvalue weighted by Gasteiger charge is -2.34. The molecular weight excluding hydrogens is 425 g/mol. The van der Waals surface area contributed by atoms with Crippen molar-refractivity contribution >= 4 is 11.7 Å². The smallest absolute Gasteiger partial charge is 0.410 e. The fourth-order valence-corrected chi connectivity index (χ4v) is 3.96. The van der Waals surface area contributed by atoms with Crippen molar-refractivity contribution in [2.24, 2.45) is 0 Å². The number of rotatable bonds is 4. The quantitative estimate of drug-likeness (QED) is 0.631. The minimum absolute atomic E-state index is 0.0515. The summed E-state index contributed by atoms with van der Waals surface area (Å²) in [5.41, 5.74) is 1.54. The maximum atomic E-state index is 13.8. The first-order valence-electron chi connectivity index (χ1n) is 10.0. The van der Waals surface area contributed by atoms with Crippen molar-refractivity contribution < 1.29 is 27.4 Å². The third-order valence-corrected chi connectivity index (χ3v) is 5.58. The molecule has 0 saturated carbocycles. The van der Waals surface area contributed by atoms with Crippen LogP contribution in [0, 0.1) is 0 Å². The second-order valence-electron chi connectivity index (χ2n) is 7.62. The van der Waals surface area contributed by atoms with Gasteiger partial charge in [0.05, 0.1) is 12.2 Å². The molecule has 5 rings (SSSR count). The number of ether oxygens (including phenoxy) is 2. The average molecular weight is 444 g/mol. The molecule has 2 aromatic carbocycles. The van der Waals surface area contributed by atoms with Crippen LogP contribution >= 0.6 is 0 Å². The molecule has 0 radical (unpaired) electrons. The van der Waals surface area contributed by atoms with Crippen molar-refractivity contribution in [2.45, 2.75) is 31.2 Å². The Labute approximate surface area is 181 Å². The monoisotopic (exact) mass is 444 g/mol. The lowest BCUT2D eigenvalue weighted by atomic mass is 9.96. The lowest BCUT2D eigenvalue weighted by molar-refractivity contribution is -0.173. The van der Waals surface area contributed by atoms with Crippen molar-refractivity contribution in [3.8, 4) is 11.5 Å². The molecule has 0 saturated heterocycles. The molecule has 0 bridgehead atoms. The molecule has 0 unspecified atom stereocenters. The number of carbonyl (C=O) groups is 1. The van der Waals surface area contributed by atoms with Crippen LogP contribution in [-0.2, 0) is 6.54 Å². The molecule has 2 aliphatic rings. The second-order valence-corrected chi connectivity index (χ2v) is 7.62. The van der Waals surface area contributed by atoms with Gasteiger partial charge in [-0.2, -0.15) is 18.3 Å². The van der Waals surface area contributed by atoms with Gasteiger partial charge in [0.25, 0.3) is 5.91 Å². The van der Waals surface area contributed by atoms with E-state index in [-0.39, 0.29) is 31.1 Å². The normalized spacial score (nSPS) is 19.2. The average Bonchev–Trinajstić information content (AvgIpc) is 3.43. The predicted octanol–water partition coefficient (Wildman–Crippen LogP) is 4.20. The van der Waals surface area contributed by atoms with E-state index in [4.69, 9.17) is 9.47 Å². The van der Waals surface area contributed by atoms with Gasteiger partial charge >= 0.3 is 6.18 Å². The minimum Gasteiger partial charge on any atom is -0.454 e. The molecule has 0 spiro atoms. The molecule has 0 aliphatic carbocycles. The van der Waals surface area contributed by atoms with E-state index in [0.29, 0.717) is 17.1 Å². The summed E-state index contributed by atoms with van der Waals surface area (Å²) in [4.78, 5) is 12.8. The fourth-order valence-electron chi connectivity index (χ4n) is 3.96. The van der Waals surface area contributed by atoms with Gasteiger partial charge in [-0.1, -0.05) is 36.4 Å². The van der Waals surface area contributed by atoms with E-state index in [1.165, 1.54) is 6.20 Å². The Balaban J connectivity index is 1.39. The Kier molecular flexibility index (Phi) is 4.91. The van der Waals surface area contributed by atoms with E-state index in [9.17, 15) is 18.0 Å². The molecule has 32 heavy (non-hydrogen) atoms. The van der Waals surface area contributed by atoms with Gasteiger partial charge in [-0.3, -0.25) is 4.79 Å². The molecule has 1 aromatic heterocycles. The first kappa shape index (κ1) is 20.2. The Morgan fingerprint density at radius 1 is 1.16 bits per heavy atom. The number of halogens is 3. The Bertz CT molecular complexity index is 1150. The Morgan fingerprint density at radius 2 is 1.94 bits per heavy atom. The summed E-state index contributed by atoms with van der Waals surface area (Å²) < 4.78 is 52.8. The first-order valence-corrected chi connectivity index (χ1v) is 10.0. The number of nitrogens with one attached hydrogen (secondary N) is 2. The topological polar surface area (TPSA) is 77.4 Å². The van der Waals surface area contributed by atoms with Crippen molar-refractivity contribution in [1.29, 1.82) is 0 Å². The highest BCUT2D eigenvalue weighted by Crippen LogP contribution is 2.44. The van der Waals surface area contributed by atoms with Gasteiger partial charge in [0.15, 0.2) is 17.5 Å². The molecule has 10 heteroatoms.